The average Bonchev–Trinajstić information content (AvgIpc) is 2.05. The first-order valence-corrected chi connectivity index (χ1v) is 3.63. The van der Waals surface area contributed by atoms with Crippen LogP contribution in [-0.4, -0.2) is 26.0 Å². The van der Waals surface area contributed by atoms with Crippen molar-refractivity contribution >= 4 is 11.8 Å². The van der Waals surface area contributed by atoms with E-state index in [9.17, 15) is 9.59 Å². The zero-order valence-electron chi connectivity index (χ0n) is 8.13. The molecule has 0 radical (unpaired) electrons. The van der Waals surface area contributed by atoms with E-state index < -0.39 is 17.2 Å². The Labute approximate surface area is 76.5 Å². The largest absolute Gasteiger partial charge is 0.277 e. The van der Waals surface area contributed by atoms with Crippen LogP contribution in [0, 0.1) is 5.41 Å². The Morgan fingerprint density at radius 2 is 1.31 bits per heavy atom. The summed E-state index contributed by atoms with van der Waals surface area (Å²) in [5.74, 6) is -1.07. The third-order valence-electron chi connectivity index (χ3n) is 1.52. The minimum Gasteiger partial charge on any atom is -0.277 e. The van der Waals surface area contributed by atoms with Gasteiger partial charge >= 0.3 is 0 Å². The monoisotopic (exact) mass is 190 g/mol. The molecule has 0 aliphatic heterocycles. The van der Waals surface area contributed by atoms with Crippen molar-refractivity contribution in [2.45, 2.75) is 13.8 Å². The molecule has 0 bridgehead atoms. The lowest BCUT2D eigenvalue weighted by molar-refractivity contribution is -0.153. The molecule has 0 heterocycles. The first-order chi connectivity index (χ1) is 5.96. The second-order valence-electron chi connectivity index (χ2n) is 2.90. The molecule has 0 aromatic carbocycles. The lowest BCUT2D eigenvalue weighted by atomic mass is 9.92. The fourth-order valence-corrected chi connectivity index (χ4v) is 0.544. The highest BCUT2D eigenvalue weighted by Crippen LogP contribution is 2.14. The van der Waals surface area contributed by atoms with Crippen LogP contribution < -0.4 is 11.0 Å². The van der Waals surface area contributed by atoms with Crippen molar-refractivity contribution in [2.24, 2.45) is 5.41 Å². The van der Waals surface area contributed by atoms with Gasteiger partial charge in [-0.2, -0.15) is 0 Å². The summed E-state index contributed by atoms with van der Waals surface area (Å²) in [5, 5.41) is 0. The maximum absolute atomic E-state index is 11.2. The molecule has 0 spiro atoms. The summed E-state index contributed by atoms with van der Waals surface area (Å²) < 4.78 is 0. The van der Waals surface area contributed by atoms with E-state index in [1.54, 1.807) is 0 Å². The van der Waals surface area contributed by atoms with Crippen molar-refractivity contribution in [3.8, 4) is 0 Å². The van der Waals surface area contributed by atoms with Crippen molar-refractivity contribution in [1.82, 2.24) is 11.0 Å². The van der Waals surface area contributed by atoms with Crippen LogP contribution in [0.5, 0.6) is 0 Å². The van der Waals surface area contributed by atoms with Crippen molar-refractivity contribution in [3.63, 3.8) is 0 Å². The van der Waals surface area contributed by atoms with Gasteiger partial charge in [0.15, 0.2) is 0 Å². The number of hydroxylamine groups is 2. The normalized spacial score (nSPS) is 10.8. The van der Waals surface area contributed by atoms with Crippen LogP contribution in [0.25, 0.3) is 0 Å². The van der Waals surface area contributed by atoms with Crippen molar-refractivity contribution in [2.75, 3.05) is 14.2 Å². The van der Waals surface area contributed by atoms with E-state index in [4.69, 9.17) is 0 Å². The van der Waals surface area contributed by atoms with Gasteiger partial charge in [0.25, 0.3) is 11.8 Å². The van der Waals surface area contributed by atoms with E-state index in [2.05, 4.69) is 20.6 Å². The first-order valence-electron chi connectivity index (χ1n) is 3.63. The van der Waals surface area contributed by atoms with Crippen LogP contribution in [0.4, 0.5) is 0 Å². The van der Waals surface area contributed by atoms with Gasteiger partial charge in [-0.05, 0) is 13.8 Å². The molecule has 0 saturated heterocycles. The molecule has 0 aliphatic rings. The summed E-state index contributed by atoms with van der Waals surface area (Å²) in [6.07, 6.45) is 0. The van der Waals surface area contributed by atoms with Gasteiger partial charge in [0.05, 0.1) is 14.2 Å². The molecule has 0 aromatic heterocycles. The minimum atomic E-state index is -1.23. The second kappa shape index (κ2) is 4.78. The third-order valence-corrected chi connectivity index (χ3v) is 1.52. The van der Waals surface area contributed by atoms with E-state index in [1.807, 2.05) is 0 Å². The molecule has 0 rings (SSSR count). The summed E-state index contributed by atoms with van der Waals surface area (Å²) >= 11 is 0. The molecule has 6 nitrogen and oxygen atoms in total. The Morgan fingerprint density at radius 3 is 1.54 bits per heavy atom. The van der Waals surface area contributed by atoms with Gasteiger partial charge in [0, 0.05) is 0 Å². The summed E-state index contributed by atoms with van der Waals surface area (Å²) in [6.45, 7) is 2.91. The van der Waals surface area contributed by atoms with Crippen LogP contribution in [0.1, 0.15) is 13.8 Å². The Bertz CT molecular complexity index is 183. The molecule has 0 fully saturated rings. The number of hydrogen-bond acceptors (Lipinski definition) is 4. The smallest absolute Gasteiger partial charge is 0.258 e. The van der Waals surface area contributed by atoms with Gasteiger partial charge in [-0.3, -0.25) is 19.3 Å². The summed E-state index contributed by atoms with van der Waals surface area (Å²) in [5.41, 5.74) is 2.91. The molecule has 0 aliphatic carbocycles. The summed E-state index contributed by atoms with van der Waals surface area (Å²) in [7, 11) is 2.59. The predicted octanol–water partition coefficient (Wildman–Crippen LogP) is -0.632. The maximum Gasteiger partial charge on any atom is 0.258 e. The van der Waals surface area contributed by atoms with Gasteiger partial charge in [0.2, 0.25) is 0 Å². The van der Waals surface area contributed by atoms with E-state index in [0.717, 1.165) is 0 Å². The minimum absolute atomic E-state index is 0.537. The van der Waals surface area contributed by atoms with E-state index in [1.165, 1.54) is 28.1 Å². The molecule has 6 heteroatoms. The molecule has 0 aromatic rings. The molecule has 2 amide bonds. The number of carbonyl (C=O) groups excluding carboxylic acids is 2. The second-order valence-corrected chi connectivity index (χ2v) is 2.90. The Kier molecular flexibility index (Phi) is 4.36. The number of nitrogens with one attached hydrogen (secondary N) is 2. The van der Waals surface area contributed by atoms with E-state index >= 15 is 0 Å². The zero-order valence-corrected chi connectivity index (χ0v) is 8.13. The highest BCUT2D eigenvalue weighted by molar-refractivity contribution is 6.03. The number of hydrogen-bond donors (Lipinski definition) is 2. The van der Waals surface area contributed by atoms with Gasteiger partial charge in [-0.25, -0.2) is 11.0 Å². The Morgan fingerprint density at radius 1 is 1.00 bits per heavy atom. The topological polar surface area (TPSA) is 76.7 Å². The van der Waals surface area contributed by atoms with Crippen molar-refractivity contribution in [3.05, 3.63) is 0 Å². The van der Waals surface area contributed by atoms with Crippen LogP contribution >= 0.6 is 0 Å². The quantitative estimate of drug-likeness (QED) is 0.457. The van der Waals surface area contributed by atoms with Gasteiger partial charge < -0.3 is 0 Å². The molecule has 76 valence electrons. The molecular weight excluding hydrogens is 176 g/mol. The number of carbonyl (C=O) groups is 2. The highest BCUT2D eigenvalue weighted by Gasteiger charge is 2.36. The molecule has 0 saturated carbocycles. The van der Waals surface area contributed by atoms with Crippen LogP contribution in [-0.2, 0) is 19.3 Å². The SMILES string of the molecule is CONC(=O)C(C)(C)C(=O)NOC. The maximum atomic E-state index is 11.2. The highest BCUT2D eigenvalue weighted by atomic mass is 16.6. The van der Waals surface area contributed by atoms with Crippen LogP contribution in [0.3, 0.4) is 0 Å². The van der Waals surface area contributed by atoms with Gasteiger partial charge in [-0.1, -0.05) is 0 Å². The predicted molar refractivity (Wildman–Crippen MR) is 44.1 cm³/mol. The Hall–Kier alpha value is -1.14. The summed E-state index contributed by atoms with van der Waals surface area (Å²) in [4.78, 5) is 31.3. The number of rotatable bonds is 4. The molecule has 13 heavy (non-hydrogen) atoms. The average molecular weight is 190 g/mol. The van der Waals surface area contributed by atoms with E-state index in [0.29, 0.717) is 0 Å². The fraction of sp³-hybridized carbons (Fsp3) is 0.714. The lowest BCUT2D eigenvalue weighted by Crippen LogP contribution is -2.47. The molecule has 0 atom stereocenters. The summed E-state index contributed by atoms with van der Waals surface area (Å²) in [6, 6.07) is 0. The third kappa shape index (κ3) is 3.00. The van der Waals surface area contributed by atoms with Crippen LogP contribution in [0.2, 0.25) is 0 Å². The molecule has 2 N–H and O–H groups in total. The standard InChI is InChI=1S/C7H14N2O4/c1-7(2,5(10)8-12-3)6(11)9-13-4/h1-4H3,(H,8,10)(H,9,11). The van der Waals surface area contributed by atoms with Crippen molar-refractivity contribution in [1.29, 1.82) is 0 Å². The fourth-order valence-electron chi connectivity index (χ4n) is 0.544. The van der Waals surface area contributed by atoms with Gasteiger partial charge in [0.1, 0.15) is 5.41 Å². The lowest BCUT2D eigenvalue weighted by Gasteiger charge is -2.20. The zero-order chi connectivity index (χ0) is 10.5. The Balaban J connectivity index is 4.36. The number of amides is 2. The van der Waals surface area contributed by atoms with Gasteiger partial charge in [-0.15, -0.1) is 0 Å². The molecule has 0 unspecified atom stereocenters. The molecular formula is C7H14N2O4. The first kappa shape index (κ1) is 11.9. The van der Waals surface area contributed by atoms with E-state index in [-0.39, 0.29) is 0 Å². The van der Waals surface area contributed by atoms with Crippen molar-refractivity contribution < 1.29 is 19.3 Å². The van der Waals surface area contributed by atoms with Crippen LogP contribution in [0.15, 0.2) is 0 Å².